The van der Waals surface area contributed by atoms with E-state index < -0.39 is 53.4 Å². The normalized spacial score (nSPS) is 31.9. The van der Waals surface area contributed by atoms with E-state index >= 15 is 0 Å². The van der Waals surface area contributed by atoms with Gasteiger partial charge in [0.05, 0.1) is 34.9 Å². The Labute approximate surface area is 190 Å². The van der Waals surface area contributed by atoms with Gasteiger partial charge < -0.3 is 9.57 Å². The predicted octanol–water partition coefficient (Wildman–Crippen LogP) is 2.29. The lowest BCUT2D eigenvalue weighted by molar-refractivity contribution is -0.142. The summed E-state index contributed by atoms with van der Waals surface area (Å²) >= 11 is 6.02. The summed E-state index contributed by atoms with van der Waals surface area (Å²) in [5, 5.41) is 5.46. The number of esters is 1. The number of hydrogen-bond donors (Lipinski definition) is 0. The lowest BCUT2D eigenvalue weighted by atomic mass is 9.72. The fourth-order valence-electron chi connectivity index (χ4n) is 5.70. The van der Waals surface area contributed by atoms with Crippen LogP contribution < -0.4 is 5.01 Å². The smallest absolute Gasteiger partial charge is 0.417 e. The van der Waals surface area contributed by atoms with E-state index in [9.17, 15) is 27.6 Å². The third-order valence-corrected chi connectivity index (χ3v) is 7.19. The molecule has 2 bridgehead atoms. The maximum absolute atomic E-state index is 13.3. The molecule has 1 aromatic heterocycles. The van der Waals surface area contributed by atoms with Crippen LogP contribution in [0.2, 0.25) is 5.02 Å². The molecule has 3 fully saturated rings. The van der Waals surface area contributed by atoms with Crippen LogP contribution in [0.5, 0.6) is 0 Å². The fourth-order valence-corrected chi connectivity index (χ4v) is 5.98. The van der Waals surface area contributed by atoms with Crippen LogP contribution in [0.1, 0.15) is 18.9 Å². The van der Waals surface area contributed by atoms with E-state index in [0.717, 1.165) is 10.0 Å². The molecule has 2 amide bonds. The van der Waals surface area contributed by atoms with Crippen molar-refractivity contribution in [1.29, 1.82) is 0 Å². The molecule has 6 atom stereocenters. The molecule has 0 unspecified atom stereocenters. The molecular formula is C20H18ClF3N4O5. The average Bonchev–Trinajstić information content (AvgIpc) is 3.47. The second kappa shape index (κ2) is 7.31. The number of rotatable bonds is 4. The Kier molecular flexibility index (Phi) is 4.86. The Morgan fingerprint density at radius 2 is 1.94 bits per heavy atom. The highest BCUT2D eigenvalue weighted by Crippen LogP contribution is 2.61. The van der Waals surface area contributed by atoms with Crippen LogP contribution in [0.15, 0.2) is 17.4 Å². The van der Waals surface area contributed by atoms with E-state index in [1.54, 1.807) is 6.92 Å². The van der Waals surface area contributed by atoms with Crippen molar-refractivity contribution >= 4 is 40.9 Å². The van der Waals surface area contributed by atoms with Crippen LogP contribution in [0.4, 0.5) is 19.0 Å². The Hall–Kier alpha value is -2.89. The number of carbonyl (C=O) groups is 3. The number of pyridine rings is 1. The number of anilines is 1. The maximum Gasteiger partial charge on any atom is 0.417 e. The van der Waals surface area contributed by atoms with Gasteiger partial charge in [-0.1, -0.05) is 16.8 Å². The summed E-state index contributed by atoms with van der Waals surface area (Å²) in [6.45, 7) is 1.82. The zero-order valence-corrected chi connectivity index (χ0v) is 18.1. The number of nitrogens with zero attached hydrogens (tertiary/aromatic N) is 4. The van der Waals surface area contributed by atoms with Crippen molar-refractivity contribution in [2.24, 2.45) is 34.7 Å². The number of amides is 2. The van der Waals surface area contributed by atoms with Gasteiger partial charge in [0.25, 0.3) is 11.8 Å². The van der Waals surface area contributed by atoms with Crippen LogP contribution in [-0.2, 0) is 30.1 Å². The summed E-state index contributed by atoms with van der Waals surface area (Å²) in [6, 6.07) is 0.691. The first-order chi connectivity index (χ1) is 15.6. The van der Waals surface area contributed by atoms with Crippen LogP contribution in [0, 0.1) is 29.6 Å². The van der Waals surface area contributed by atoms with E-state index in [1.807, 2.05) is 0 Å². The molecule has 0 aromatic carbocycles. The van der Waals surface area contributed by atoms with Gasteiger partial charge in [0.1, 0.15) is 6.10 Å². The molecule has 176 valence electrons. The highest BCUT2D eigenvalue weighted by molar-refractivity contribution is 6.38. The van der Waals surface area contributed by atoms with Gasteiger partial charge in [-0.2, -0.15) is 18.2 Å². The van der Waals surface area contributed by atoms with Crippen molar-refractivity contribution in [2.75, 3.05) is 18.7 Å². The van der Waals surface area contributed by atoms with Gasteiger partial charge in [0.2, 0.25) is 0 Å². The van der Waals surface area contributed by atoms with Crippen LogP contribution in [0.25, 0.3) is 0 Å². The molecule has 0 spiro atoms. The number of oxime groups is 1. The molecule has 33 heavy (non-hydrogen) atoms. The zero-order chi connectivity index (χ0) is 23.8. The number of hydrazine groups is 1. The third kappa shape index (κ3) is 3.02. The predicted molar refractivity (Wildman–Crippen MR) is 106 cm³/mol. The summed E-state index contributed by atoms with van der Waals surface area (Å²) in [6.07, 6.45) is -4.03. The summed E-state index contributed by atoms with van der Waals surface area (Å²) < 4.78 is 43.9. The first kappa shape index (κ1) is 21.9. The number of ether oxygens (including phenoxy) is 1. The molecule has 0 radical (unpaired) electrons. The Morgan fingerprint density at radius 1 is 1.27 bits per heavy atom. The minimum atomic E-state index is -4.64. The quantitative estimate of drug-likeness (QED) is 0.475. The summed E-state index contributed by atoms with van der Waals surface area (Å²) in [7, 11) is 1.34. The Morgan fingerprint density at radius 3 is 2.55 bits per heavy atom. The molecule has 2 aliphatic carbocycles. The van der Waals surface area contributed by atoms with E-state index in [0.29, 0.717) is 18.7 Å². The second-order valence-electron chi connectivity index (χ2n) is 8.45. The minimum Gasteiger partial charge on any atom is -0.461 e. The molecule has 1 aromatic rings. The zero-order valence-electron chi connectivity index (χ0n) is 17.4. The van der Waals surface area contributed by atoms with E-state index in [-0.39, 0.29) is 35.0 Å². The SMILES string of the molecule is CCOC(=O)C1=NO[C@H]2[C@H]3C[C@H]([C@@H]12)[C@@H]1C(=O)N(N(C)c2ncc(C(F)(F)F)cc2Cl)C(=O)[C@@H]31. The summed E-state index contributed by atoms with van der Waals surface area (Å²) in [5.74, 6) is -4.32. The highest BCUT2D eigenvalue weighted by Gasteiger charge is 2.71. The van der Waals surface area contributed by atoms with Gasteiger partial charge in [-0.05, 0) is 25.3 Å². The number of carbonyl (C=O) groups excluding carboxylic acids is 3. The van der Waals surface area contributed by atoms with Gasteiger partial charge in [-0.15, -0.1) is 0 Å². The first-order valence-electron chi connectivity index (χ1n) is 10.3. The molecule has 2 aliphatic heterocycles. The molecule has 2 saturated carbocycles. The van der Waals surface area contributed by atoms with Crippen LogP contribution in [0.3, 0.4) is 0 Å². The summed E-state index contributed by atoms with van der Waals surface area (Å²) in [5.41, 5.74) is -0.929. The number of hydrogen-bond acceptors (Lipinski definition) is 8. The standard InChI is InChI=1S/C20H18ClF3N4O5/c1-3-32-19(31)14-13-8-5-9(15(13)33-26-14)12-11(8)17(29)28(18(12)30)27(2)16-10(21)4-7(6-25-16)20(22,23)24/h4,6,8-9,11-13,15H,3,5H2,1-2H3/t8-,9-,11-,12-,13-,15-/m0/s1. The minimum absolute atomic E-state index is 0.118. The Balaban J connectivity index is 1.42. The number of aromatic nitrogens is 1. The van der Waals surface area contributed by atoms with Crippen LogP contribution in [-0.4, -0.2) is 53.2 Å². The molecule has 1 saturated heterocycles. The van der Waals surface area contributed by atoms with Crippen molar-refractivity contribution in [3.05, 3.63) is 22.8 Å². The number of halogens is 4. The fraction of sp³-hybridized carbons (Fsp3) is 0.550. The van der Waals surface area contributed by atoms with Crippen molar-refractivity contribution in [1.82, 2.24) is 9.99 Å². The van der Waals surface area contributed by atoms with Crippen molar-refractivity contribution in [3.63, 3.8) is 0 Å². The lowest BCUT2D eigenvalue weighted by Gasteiger charge is -2.29. The van der Waals surface area contributed by atoms with E-state index in [1.165, 1.54) is 7.05 Å². The molecule has 9 nitrogen and oxygen atoms in total. The monoisotopic (exact) mass is 486 g/mol. The highest BCUT2D eigenvalue weighted by atomic mass is 35.5. The number of imide groups is 1. The lowest BCUT2D eigenvalue weighted by Crippen LogP contribution is -2.46. The van der Waals surface area contributed by atoms with Gasteiger partial charge in [-0.25, -0.2) is 9.78 Å². The molecule has 0 N–H and O–H groups in total. The summed E-state index contributed by atoms with van der Waals surface area (Å²) in [4.78, 5) is 48.1. The van der Waals surface area contributed by atoms with Gasteiger partial charge in [0.15, 0.2) is 11.5 Å². The molecule has 5 rings (SSSR count). The molecule has 13 heteroatoms. The van der Waals surface area contributed by atoms with Crippen LogP contribution >= 0.6 is 11.6 Å². The van der Waals surface area contributed by atoms with E-state index in [2.05, 4.69) is 10.1 Å². The largest absolute Gasteiger partial charge is 0.461 e. The topological polar surface area (TPSA) is 101 Å². The molecular weight excluding hydrogens is 469 g/mol. The van der Waals surface area contributed by atoms with E-state index in [4.69, 9.17) is 21.2 Å². The molecule has 3 heterocycles. The first-order valence-corrected chi connectivity index (χ1v) is 10.7. The van der Waals surface area contributed by atoms with Gasteiger partial charge >= 0.3 is 12.1 Å². The second-order valence-corrected chi connectivity index (χ2v) is 8.85. The van der Waals surface area contributed by atoms with Crippen molar-refractivity contribution in [2.45, 2.75) is 25.6 Å². The maximum atomic E-state index is 13.3. The van der Waals surface area contributed by atoms with Gasteiger partial charge in [-0.3, -0.25) is 14.6 Å². The van der Waals surface area contributed by atoms with Crippen molar-refractivity contribution in [3.8, 4) is 0 Å². The molecule has 4 aliphatic rings. The van der Waals surface area contributed by atoms with Gasteiger partial charge in [0, 0.05) is 19.2 Å². The Bertz CT molecular complexity index is 1100. The third-order valence-electron chi connectivity index (χ3n) is 6.91. The van der Waals surface area contributed by atoms with Crippen molar-refractivity contribution < 1.29 is 37.1 Å². The number of fused-ring (bicyclic) bond motifs is 8. The average molecular weight is 487 g/mol. The number of alkyl halides is 3.